The van der Waals surface area contributed by atoms with E-state index in [1.165, 1.54) is 35.2 Å². The molecule has 230 valence electrons. The van der Waals surface area contributed by atoms with Crippen LogP contribution in [0.3, 0.4) is 0 Å². The van der Waals surface area contributed by atoms with Crippen molar-refractivity contribution in [3.8, 4) is 0 Å². The first-order valence-corrected chi connectivity index (χ1v) is 13.8. The summed E-state index contributed by atoms with van der Waals surface area (Å²) < 4.78 is 34.7. The van der Waals surface area contributed by atoms with Crippen LogP contribution in [0.4, 0.5) is 10.2 Å². The number of hydrogen-bond donors (Lipinski definition) is 1. The molecule has 1 aliphatic rings. The van der Waals surface area contributed by atoms with Crippen LogP contribution in [0.5, 0.6) is 0 Å². The van der Waals surface area contributed by atoms with E-state index in [2.05, 4.69) is 30.3 Å². The molecule has 0 bridgehead atoms. The zero-order chi connectivity index (χ0) is 32.1. The topological polar surface area (TPSA) is 183 Å². The molecule has 0 radical (unpaired) electrons. The van der Waals surface area contributed by atoms with Gasteiger partial charge in [-0.3, -0.25) is 9.36 Å². The molecule has 6 rings (SSSR count). The number of alkyl halides is 1. The van der Waals surface area contributed by atoms with Crippen molar-refractivity contribution in [1.82, 2.24) is 19.5 Å². The summed E-state index contributed by atoms with van der Waals surface area (Å²) in [7, 11) is 0. The SMILES string of the molecule is [N-]=[N+]=N[C@]1(COC(=O)c2ccccc2)O[C@@H](n2cnc3c(NC(=O)c4ccccc4)ncnc32)[C@H](F)[C@@H]1OC(=O)c1ccccc1. The van der Waals surface area contributed by atoms with E-state index in [0.29, 0.717) is 5.56 Å². The van der Waals surface area contributed by atoms with Crippen LogP contribution in [-0.2, 0) is 14.2 Å². The third-order valence-electron chi connectivity index (χ3n) is 7.11. The Bertz CT molecular complexity index is 1940. The van der Waals surface area contributed by atoms with Crippen LogP contribution in [0, 0.1) is 0 Å². The number of hydrogen-bond acceptors (Lipinski definition) is 10. The molecular weight excluding hydrogens is 599 g/mol. The third-order valence-corrected chi connectivity index (χ3v) is 7.11. The predicted octanol–water partition coefficient (Wildman–Crippen LogP) is 5.03. The number of fused-ring (bicyclic) bond motifs is 1. The second kappa shape index (κ2) is 12.8. The molecule has 4 atom stereocenters. The number of nitrogens with one attached hydrogen (secondary N) is 1. The number of carbonyl (C=O) groups excluding carboxylic acids is 3. The van der Waals surface area contributed by atoms with Crippen molar-refractivity contribution < 1.29 is 33.0 Å². The summed E-state index contributed by atoms with van der Waals surface area (Å²) in [6.07, 6.45) is -3.40. The number of imidazole rings is 1. The lowest BCUT2D eigenvalue weighted by Gasteiger charge is -2.28. The van der Waals surface area contributed by atoms with Crippen LogP contribution in [-0.4, -0.2) is 62.0 Å². The maximum atomic E-state index is 16.5. The van der Waals surface area contributed by atoms with Crippen LogP contribution in [0.2, 0.25) is 0 Å². The van der Waals surface area contributed by atoms with Crippen molar-refractivity contribution in [1.29, 1.82) is 0 Å². The average molecular weight is 623 g/mol. The maximum Gasteiger partial charge on any atom is 0.338 e. The van der Waals surface area contributed by atoms with Gasteiger partial charge in [0, 0.05) is 10.5 Å². The van der Waals surface area contributed by atoms with Gasteiger partial charge in [-0.2, -0.15) is 0 Å². The number of ether oxygens (including phenoxy) is 3. The Kier molecular flexibility index (Phi) is 8.32. The molecule has 0 spiro atoms. The normalized spacial score (nSPS) is 20.4. The van der Waals surface area contributed by atoms with Crippen LogP contribution >= 0.6 is 0 Å². The van der Waals surface area contributed by atoms with Gasteiger partial charge in [-0.15, -0.1) is 0 Å². The van der Waals surface area contributed by atoms with Crippen molar-refractivity contribution in [3.63, 3.8) is 0 Å². The Morgan fingerprint density at radius 1 is 0.913 bits per heavy atom. The van der Waals surface area contributed by atoms with E-state index < -0.39 is 48.7 Å². The molecule has 1 aliphatic heterocycles. The fraction of sp³-hybridized carbons (Fsp3) is 0.161. The standard InChI is InChI=1S/C31H23FN8O6/c32-22-24(45-30(43)21-14-8-3-9-15-21)31(38-39-33,16-44-29(42)20-12-6-2-7-13-20)46-28(22)40-18-36-23-25(34-17-35-26(23)40)37-27(41)19-10-4-1-5-11-19/h1-15,17-18,22,24,28H,16H2,(H,34,35,37,41)/t22-,24+,28-,31-/m1/s1. The highest BCUT2D eigenvalue weighted by molar-refractivity contribution is 6.06. The highest BCUT2D eigenvalue weighted by Gasteiger charge is 2.60. The number of nitrogens with zero attached hydrogens (tertiary/aromatic N) is 7. The number of anilines is 1. The quantitative estimate of drug-likeness (QED) is 0.102. The highest BCUT2D eigenvalue weighted by atomic mass is 19.1. The van der Waals surface area contributed by atoms with E-state index in [9.17, 15) is 19.9 Å². The lowest BCUT2D eigenvalue weighted by molar-refractivity contribution is -0.127. The molecule has 1 fully saturated rings. The molecule has 14 nitrogen and oxygen atoms in total. The zero-order valence-electron chi connectivity index (χ0n) is 23.7. The Morgan fingerprint density at radius 3 is 2.15 bits per heavy atom. The molecule has 3 heterocycles. The number of rotatable bonds is 9. The molecule has 15 heteroatoms. The van der Waals surface area contributed by atoms with Gasteiger partial charge in [0.2, 0.25) is 5.72 Å². The Labute approximate surface area is 259 Å². The van der Waals surface area contributed by atoms with Gasteiger partial charge in [-0.25, -0.2) is 28.9 Å². The summed E-state index contributed by atoms with van der Waals surface area (Å²) in [4.78, 5) is 54.1. The number of benzene rings is 3. The van der Waals surface area contributed by atoms with Crippen LogP contribution < -0.4 is 5.32 Å². The first-order valence-electron chi connectivity index (χ1n) is 13.8. The number of esters is 2. The Morgan fingerprint density at radius 2 is 1.52 bits per heavy atom. The maximum absolute atomic E-state index is 16.5. The third kappa shape index (κ3) is 5.83. The molecule has 0 unspecified atom stereocenters. The molecule has 3 aromatic carbocycles. The van der Waals surface area contributed by atoms with Crippen molar-refractivity contribution in [3.05, 3.63) is 131 Å². The first-order chi connectivity index (χ1) is 22.4. The summed E-state index contributed by atoms with van der Waals surface area (Å²) in [5, 5.41) is 6.33. The van der Waals surface area contributed by atoms with Gasteiger partial charge in [-0.1, -0.05) is 59.7 Å². The number of azide groups is 1. The summed E-state index contributed by atoms with van der Waals surface area (Å²) in [5.74, 6) is -2.18. The summed E-state index contributed by atoms with van der Waals surface area (Å²) in [6.45, 7) is -0.811. The van der Waals surface area contributed by atoms with E-state index in [1.54, 1.807) is 66.7 Å². The van der Waals surface area contributed by atoms with E-state index in [1.807, 2.05) is 0 Å². The predicted molar refractivity (Wildman–Crippen MR) is 159 cm³/mol. The monoisotopic (exact) mass is 622 g/mol. The minimum atomic E-state index is -2.35. The smallest absolute Gasteiger partial charge is 0.338 e. The van der Waals surface area contributed by atoms with E-state index >= 15 is 4.39 Å². The molecule has 0 aliphatic carbocycles. The minimum absolute atomic E-state index is 0.0381. The first kappa shape index (κ1) is 29.9. The second-order valence-electron chi connectivity index (χ2n) is 9.99. The lowest BCUT2D eigenvalue weighted by atomic mass is 10.1. The summed E-state index contributed by atoms with van der Waals surface area (Å²) in [6, 6.07) is 24.1. The average Bonchev–Trinajstić information content (AvgIpc) is 3.64. The lowest BCUT2D eigenvalue weighted by Crippen LogP contribution is -2.47. The summed E-state index contributed by atoms with van der Waals surface area (Å²) in [5.41, 5.74) is 7.94. The van der Waals surface area contributed by atoms with Gasteiger partial charge in [0.05, 0.1) is 17.5 Å². The number of aromatic nitrogens is 4. The molecule has 5 aromatic rings. The number of carbonyl (C=O) groups is 3. The van der Waals surface area contributed by atoms with Crippen LogP contribution in [0.15, 0.2) is 109 Å². The summed E-state index contributed by atoms with van der Waals surface area (Å²) >= 11 is 0. The Balaban J connectivity index is 1.35. The van der Waals surface area contributed by atoms with E-state index in [4.69, 9.17) is 14.2 Å². The fourth-order valence-corrected chi connectivity index (χ4v) is 4.89. The molecule has 46 heavy (non-hydrogen) atoms. The molecular formula is C31H23FN8O6. The fourth-order valence-electron chi connectivity index (χ4n) is 4.89. The largest absolute Gasteiger partial charge is 0.459 e. The number of amides is 1. The van der Waals surface area contributed by atoms with Gasteiger partial charge in [0.1, 0.15) is 12.9 Å². The Hall–Kier alpha value is -6.18. The van der Waals surface area contributed by atoms with Gasteiger partial charge in [0.25, 0.3) is 5.91 Å². The van der Waals surface area contributed by atoms with Crippen LogP contribution in [0.1, 0.15) is 37.3 Å². The van der Waals surface area contributed by atoms with Crippen LogP contribution in [0.25, 0.3) is 21.6 Å². The van der Waals surface area contributed by atoms with Crippen molar-refractivity contribution in [2.75, 3.05) is 11.9 Å². The molecule has 0 saturated carbocycles. The van der Waals surface area contributed by atoms with Gasteiger partial charge in [-0.05, 0) is 41.9 Å². The van der Waals surface area contributed by atoms with Crippen molar-refractivity contribution in [2.45, 2.75) is 24.2 Å². The highest BCUT2D eigenvalue weighted by Crippen LogP contribution is 2.44. The number of halogens is 1. The molecule has 1 saturated heterocycles. The van der Waals surface area contributed by atoms with Crippen molar-refractivity contribution >= 4 is 34.8 Å². The van der Waals surface area contributed by atoms with E-state index in [0.717, 1.165) is 6.33 Å². The minimum Gasteiger partial charge on any atom is -0.459 e. The van der Waals surface area contributed by atoms with E-state index in [-0.39, 0.29) is 28.1 Å². The second-order valence-corrected chi connectivity index (χ2v) is 9.99. The molecule has 2 aromatic heterocycles. The zero-order valence-corrected chi connectivity index (χ0v) is 23.7. The molecule has 1 N–H and O–H groups in total. The molecule has 1 amide bonds. The van der Waals surface area contributed by atoms with Gasteiger partial charge >= 0.3 is 11.9 Å². The van der Waals surface area contributed by atoms with Crippen molar-refractivity contribution in [2.24, 2.45) is 5.11 Å². The van der Waals surface area contributed by atoms with Gasteiger partial charge in [0.15, 0.2) is 35.5 Å². The van der Waals surface area contributed by atoms with Gasteiger partial charge < -0.3 is 19.5 Å².